The molecule has 7 heteroatoms. The number of amides is 1. The van der Waals surface area contributed by atoms with Gasteiger partial charge in [0.15, 0.2) is 0 Å². The average Bonchev–Trinajstić information content (AvgIpc) is 2.57. The van der Waals surface area contributed by atoms with Gasteiger partial charge < -0.3 is 10.2 Å². The minimum Gasteiger partial charge on any atom is -0.340 e. The molecule has 1 aliphatic heterocycles. The molecule has 6 nitrogen and oxygen atoms in total. The van der Waals surface area contributed by atoms with Crippen molar-refractivity contribution in [1.29, 1.82) is 0 Å². The van der Waals surface area contributed by atoms with Gasteiger partial charge in [0.25, 0.3) is 0 Å². The number of hydrogen-bond acceptors (Lipinski definition) is 4. The van der Waals surface area contributed by atoms with Crippen molar-refractivity contribution in [3.63, 3.8) is 0 Å². The number of piperazine rings is 1. The molecular weight excluding hydrogens is 326 g/mol. The topological polar surface area (TPSA) is 69.7 Å². The van der Waals surface area contributed by atoms with Crippen molar-refractivity contribution in [3.05, 3.63) is 29.3 Å². The Balaban J connectivity index is 1.98. The number of carbonyl (C=O) groups is 1. The molecule has 2 rings (SSSR count). The Morgan fingerprint density at radius 2 is 1.79 bits per heavy atom. The smallest absolute Gasteiger partial charge is 0.243 e. The molecule has 0 bridgehead atoms. The number of aryl methyl sites for hydroxylation is 2. The minimum absolute atomic E-state index is 0.105. The highest BCUT2D eigenvalue weighted by Gasteiger charge is 2.30. The Labute approximate surface area is 144 Å². The number of nitrogens with zero attached hydrogens (tertiary/aromatic N) is 2. The average molecular weight is 353 g/mol. The van der Waals surface area contributed by atoms with Gasteiger partial charge >= 0.3 is 0 Å². The molecule has 1 aromatic rings. The van der Waals surface area contributed by atoms with E-state index in [1.807, 2.05) is 27.0 Å². The second-order valence-corrected chi connectivity index (χ2v) is 8.18. The molecule has 0 atom stereocenters. The number of nitrogens with one attached hydrogen (secondary N) is 1. The highest BCUT2D eigenvalue weighted by Crippen LogP contribution is 2.20. The van der Waals surface area contributed by atoms with E-state index < -0.39 is 10.0 Å². The van der Waals surface area contributed by atoms with Crippen molar-refractivity contribution in [2.45, 2.75) is 31.6 Å². The summed E-state index contributed by atoms with van der Waals surface area (Å²) < 4.78 is 27.0. The zero-order valence-electron chi connectivity index (χ0n) is 14.7. The zero-order chi connectivity index (χ0) is 17.7. The first-order valence-electron chi connectivity index (χ1n) is 8.36. The van der Waals surface area contributed by atoms with Gasteiger partial charge in [0.1, 0.15) is 0 Å². The van der Waals surface area contributed by atoms with E-state index >= 15 is 0 Å². The van der Waals surface area contributed by atoms with Crippen LogP contribution in [0.15, 0.2) is 23.1 Å². The van der Waals surface area contributed by atoms with Crippen molar-refractivity contribution in [2.75, 3.05) is 39.8 Å². The van der Waals surface area contributed by atoms with Gasteiger partial charge in [0.2, 0.25) is 15.9 Å². The maximum absolute atomic E-state index is 12.8. The maximum atomic E-state index is 12.8. The summed E-state index contributed by atoms with van der Waals surface area (Å²) in [6.07, 6.45) is 1.31. The van der Waals surface area contributed by atoms with Crippen molar-refractivity contribution >= 4 is 15.9 Å². The molecule has 1 fully saturated rings. The van der Waals surface area contributed by atoms with Gasteiger partial charge in [-0.25, -0.2) is 8.42 Å². The second kappa shape index (κ2) is 8.09. The number of benzene rings is 1. The van der Waals surface area contributed by atoms with E-state index in [4.69, 9.17) is 0 Å². The SMILES string of the molecule is CNCCCC(=O)N1CCN(S(=O)(=O)c2ccc(C)c(C)c2)CC1. The van der Waals surface area contributed by atoms with Gasteiger partial charge in [0, 0.05) is 32.6 Å². The van der Waals surface area contributed by atoms with Crippen LogP contribution in [0.2, 0.25) is 0 Å². The summed E-state index contributed by atoms with van der Waals surface area (Å²) >= 11 is 0. The van der Waals surface area contributed by atoms with Gasteiger partial charge in [-0.1, -0.05) is 6.07 Å². The van der Waals surface area contributed by atoms with Crippen LogP contribution >= 0.6 is 0 Å². The van der Waals surface area contributed by atoms with Crippen molar-refractivity contribution in [1.82, 2.24) is 14.5 Å². The van der Waals surface area contributed by atoms with Crippen LogP contribution in [0.1, 0.15) is 24.0 Å². The van der Waals surface area contributed by atoms with Crippen LogP contribution in [0.5, 0.6) is 0 Å². The maximum Gasteiger partial charge on any atom is 0.243 e. The molecular formula is C17H27N3O3S. The molecule has 0 aliphatic carbocycles. The van der Waals surface area contributed by atoms with E-state index in [9.17, 15) is 13.2 Å². The fourth-order valence-electron chi connectivity index (χ4n) is 2.78. The zero-order valence-corrected chi connectivity index (χ0v) is 15.5. The molecule has 1 amide bonds. The van der Waals surface area contributed by atoms with Crippen molar-refractivity contribution in [3.8, 4) is 0 Å². The van der Waals surface area contributed by atoms with E-state index in [0.717, 1.165) is 24.1 Å². The molecule has 0 aromatic heterocycles. The van der Waals surface area contributed by atoms with Gasteiger partial charge in [-0.3, -0.25) is 4.79 Å². The Bertz CT molecular complexity index is 680. The Morgan fingerprint density at radius 1 is 1.12 bits per heavy atom. The normalized spacial score (nSPS) is 16.4. The molecule has 134 valence electrons. The number of hydrogen-bond donors (Lipinski definition) is 1. The molecule has 1 saturated heterocycles. The van der Waals surface area contributed by atoms with Gasteiger partial charge in [-0.15, -0.1) is 0 Å². The Morgan fingerprint density at radius 3 is 2.38 bits per heavy atom. The summed E-state index contributed by atoms with van der Waals surface area (Å²) in [5.74, 6) is 0.105. The summed E-state index contributed by atoms with van der Waals surface area (Å²) in [6, 6.07) is 5.22. The first-order valence-corrected chi connectivity index (χ1v) is 9.80. The lowest BCUT2D eigenvalue weighted by molar-refractivity contribution is -0.132. The molecule has 0 unspecified atom stereocenters. The molecule has 1 heterocycles. The third kappa shape index (κ3) is 4.34. The quantitative estimate of drug-likeness (QED) is 0.779. The molecule has 1 N–H and O–H groups in total. The van der Waals surface area contributed by atoms with E-state index in [1.165, 1.54) is 4.31 Å². The largest absolute Gasteiger partial charge is 0.340 e. The molecule has 0 saturated carbocycles. The molecule has 1 aromatic carbocycles. The lowest BCUT2D eigenvalue weighted by Gasteiger charge is -2.34. The summed E-state index contributed by atoms with van der Waals surface area (Å²) in [5.41, 5.74) is 2.04. The highest BCUT2D eigenvalue weighted by atomic mass is 32.2. The summed E-state index contributed by atoms with van der Waals surface area (Å²) in [7, 11) is -1.62. The number of sulfonamides is 1. The fraction of sp³-hybridized carbons (Fsp3) is 0.588. The predicted octanol–water partition coefficient (Wildman–Crippen LogP) is 1.14. The van der Waals surface area contributed by atoms with Gasteiger partial charge in [-0.2, -0.15) is 4.31 Å². The Hall–Kier alpha value is -1.44. The van der Waals surface area contributed by atoms with Crippen LogP contribution in [0.4, 0.5) is 0 Å². The van der Waals surface area contributed by atoms with Gasteiger partial charge in [-0.05, 0) is 57.1 Å². The molecule has 0 spiro atoms. The van der Waals surface area contributed by atoms with Crippen LogP contribution < -0.4 is 5.32 Å². The highest BCUT2D eigenvalue weighted by molar-refractivity contribution is 7.89. The van der Waals surface area contributed by atoms with Crippen LogP contribution in [0, 0.1) is 13.8 Å². The Kier molecular flexibility index (Phi) is 6.37. The molecule has 1 aliphatic rings. The van der Waals surface area contributed by atoms with E-state index in [-0.39, 0.29) is 5.91 Å². The standard InChI is InChI=1S/C17H27N3O3S/c1-14-6-7-16(13-15(14)2)24(22,23)20-11-9-19(10-12-20)17(21)5-4-8-18-3/h6-7,13,18H,4-5,8-12H2,1-3H3. The third-order valence-corrected chi connectivity index (χ3v) is 6.42. The van der Waals surface area contributed by atoms with Crippen LogP contribution in [-0.4, -0.2) is 63.3 Å². The fourth-order valence-corrected chi connectivity index (χ4v) is 4.28. The summed E-state index contributed by atoms with van der Waals surface area (Å²) in [5, 5.41) is 3.02. The first kappa shape index (κ1) is 18.9. The van der Waals surface area contributed by atoms with E-state index in [0.29, 0.717) is 37.5 Å². The van der Waals surface area contributed by atoms with Crippen molar-refractivity contribution < 1.29 is 13.2 Å². The third-order valence-electron chi connectivity index (χ3n) is 4.52. The van der Waals surface area contributed by atoms with E-state index in [1.54, 1.807) is 17.0 Å². The number of carbonyl (C=O) groups excluding carboxylic acids is 1. The summed E-state index contributed by atoms with van der Waals surface area (Å²) in [6.45, 7) is 6.32. The molecule has 24 heavy (non-hydrogen) atoms. The summed E-state index contributed by atoms with van der Waals surface area (Å²) in [4.78, 5) is 14.2. The van der Waals surface area contributed by atoms with E-state index in [2.05, 4.69) is 5.32 Å². The molecule has 0 radical (unpaired) electrons. The lowest BCUT2D eigenvalue weighted by Crippen LogP contribution is -2.50. The monoisotopic (exact) mass is 353 g/mol. The minimum atomic E-state index is -3.49. The number of rotatable bonds is 6. The van der Waals surface area contributed by atoms with Gasteiger partial charge in [0.05, 0.1) is 4.90 Å². The van der Waals surface area contributed by atoms with Crippen LogP contribution in [0.25, 0.3) is 0 Å². The van der Waals surface area contributed by atoms with Crippen LogP contribution in [-0.2, 0) is 14.8 Å². The second-order valence-electron chi connectivity index (χ2n) is 6.24. The first-order chi connectivity index (χ1) is 11.4. The van der Waals surface area contributed by atoms with Crippen molar-refractivity contribution in [2.24, 2.45) is 0 Å². The predicted molar refractivity (Wildman–Crippen MR) is 94.4 cm³/mol. The lowest BCUT2D eigenvalue weighted by atomic mass is 10.1. The van der Waals surface area contributed by atoms with Crippen LogP contribution in [0.3, 0.4) is 0 Å².